The Hall–Kier alpha value is -0.120. The lowest BCUT2D eigenvalue weighted by Crippen LogP contribution is -2.77. The van der Waals surface area contributed by atoms with Gasteiger partial charge < -0.3 is 16.2 Å². The molecule has 0 aromatic carbocycles. The number of rotatable bonds is 11. The van der Waals surface area contributed by atoms with Crippen molar-refractivity contribution >= 4 is 0 Å². The Kier molecular flexibility index (Phi) is 18.8. The van der Waals surface area contributed by atoms with Gasteiger partial charge >= 0.3 is 0 Å². The summed E-state index contributed by atoms with van der Waals surface area (Å²) in [5.74, 6) is 0. The van der Waals surface area contributed by atoms with Crippen molar-refractivity contribution in [3.63, 3.8) is 0 Å². The number of quaternary nitrogens is 1. The first kappa shape index (κ1) is 17.3. The monoisotopic (exact) mass is 219 g/mol. The van der Waals surface area contributed by atoms with Crippen molar-refractivity contribution in [2.75, 3.05) is 6.54 Å². The third kappa shape index (κ3) is 16.5. The molecule has 0 saturated carbocycles. The van der Waals surface area contributed by atoms with Crippen molar-refractivity contribution in [3.8, 4) is 0 Å². The van der Waals surface area contributed by atoms with Crippen LogP contribution in [0.1, 0.15) is 71.1 Å². The molecule has 4 N–H and O–H groups in total. The Morgan fingerprint density at radius 3 is 1.53 bits per heavy atom. The predicted octanol–water partition coefficient (Wildman–Crippen LogP) is 2.14. The quantitative estimate of drug-likeness (QED) is 0.420. The molecule has 3 nitrogen and oxygen atoms in total. The average molecular weight is 219 g/mol. The third-order valence-electron chi connectivity index (χ3n) is 2.68. The fourth-order valence-electron chi connectivity index (χ4n) is 1.72. The Balaban J connectivity index is 0. The summed E-state index contributed by atoms with van der Waals surface area (Å²) >= 11 is 0. The zero-order chi connectivity index (χ0) is 10.5. The molecule has 94 valence electrons. The number of unbranched alkanes of at least 4 members (excludes halogenated alkanes) is 9. The highest BCUT2D eigenvalue weighted by Gasteiger charge is 1.91. The van der Waals surface area contributed by atoms with E-state index in [9.17, 15) is 5.21 Å². The fourth-order valence-corrected chi connectivity index (χ4v) is 1.72. The molecule has 0 spiro atoms. The standard InChI is InChI=1S/C12H27NO.H2O/c1-2-3-4-5-6-7-8-9-10-11-12-13-14;/h2-13H2,1H3;1H2. The molecule has 0 fully saturated rings. The molecule has 0 unspecified atom stereocenters. The highest BCUT2D eigenvalue weighted by Crippen LogP contribution is 2.09. The second kappa shape index (κ2) is 16.3. The Morgan fingerprint density at radius 1 is 0.733 bits per heavy atom. The van der Waals surface area contributed by atoms with Gasteiger partial charge in [0.1, 0.15) is 0 Å². The largest absolute Gasteiger partial charge is 0.636 e. The van der Waals surface area contributed by atoms with Gasteiger partial charge in [0.05, 0.1) is 6.54 Å². The van der Waals surface area contributed by atoms with Crippen LogP contribution >= 0.6 is 0 Å². The van der Waals surface area contributed by atoms with Gasteiger partial charge in [0.15, 0.2) is 0 Å². The van der Waals surface area contributed by atoms with E-state index in [0.717, 1.165) is 18.4 Å². The van der Waals surface area contributed by atoms with Crippen LogP contribution in [0.3, 0.4) is 0 Å². The second-order valence-electron chi connectivity index (χ2n) is 4.14. The average Bonchev–Trinajstić information content (AvgIpc) is 2.21. The Bertz CT molecular complexity index is 87.6. The van der Waals surface area contributed by atoms with Gasteiger partial charge in [-0.1, -0.05) is 58.3 Å². The molecule has 0 atom stereocenters. The molecule has 15 heavy (non-hydrogen) atoms. The summed E-state index contributed by atoms with van der Waals surface area (Å²) in [4.78, 5) is 0. The van der Waals surface area contributed by atoms with Gasteiger partial charge in [-0.05, 0) is 12.8 Å². The second-order valence-corrected chi connectivity index (χ2v) is 4.14. The minimum Gasteiger partial charge on any atom is -0.636 e. The SMILES string of the molecule is CCCCCCCCCCCC[NH2+][O-].O. The fraction of sp³-hybridized carbons (Fsp3) is 1.00. The molecular weight excluding hydrogens is 190 g/mol. The summed E-state index contributed by atoms with van der Waals surface area (Å²) in [5, 5.41) is 10.0. The van der Waals surface area contributed by atoms with Crippen molar-refractivity contribution in [1.29, 1.82) is 0 Å². The van der Waals surface area contributed by atoms with Crippen LogP contribution in [0.2, 0.25) is 0 Å². The van der Waals surface area contributed by atoms with Crippen LogP contribution in [0.5, 0.6) is 0 Å². The van der Waals surface area contributed by atoms with Gasteiger partial charge in [0, 0.05) is 0 Å². The summed E-state index contributed by atoms with van der Waals surface area (Å²) in [6.45, 7) is 3.02. The zero-order valence-electron chi connectivity index (χ0n) is 10.3. The van der Waals surface area contributed by atoms with Gasteiger partial charge in [-0.15, -0.1) is 0 Å². The van der Waals surface area contributed by atoms with Crippen molar-refractivity contribution in [3.05, 3.63) is 5.21 Å². The summed E-state index contributed by atoms with van der Waals surface area (Å²) in [7, 11) is 0. The van der Waals surface area contributed by atoms with Crippen LogP contribution in [0.15, 0.2) is 0 Å². The maximum absolute atomic E-state index is 10.0. The molecule has 0 aliphatic heterocycles. The van der Waals surface area contributed by atoms with Crippen molar-refractivity contribution in [2.45, 2.75) is 71.1 Å². The topological polar surface area (TPSA) is 71.2 Å². The number of hydrogen-bond donors (Lipinski definition) is 1. The van der Waals surface area contributed by atoms with Crippen LogP contribution in [-0.2, 0) is 0 Å². The highest BCUT2D eigenvalue weighted by molar-refractivity contribution is 4.46. The van der Waals surface area contributed by atoms with Gasteiger partial charge in [-0.25, -0.2) is 0 Å². The minimum absolute atomic E-state index is 0. The first-order chi connectivity index (χ1) is 6.91. The lowest BCUT2D eigenvalue weighted by Gasteiger charge is -2.02. The lowest BCUT2D eigenvalue weighted by molar-refractivity contribution is -0.589. The summed E-state index contributed by atoms with van der Waals surface area (Å²) in [6.07, 6.45) is 13.4. The molecule has 0 amide bonds. The van der Waals surface area contributed by atoms with Crippen molar-refractivity contribution in [1.82, 2.24) is 0 Å². The van der Waals surface area contributed by atoms with E-state index in [1.54, 1.807) is 0 Å². The lowest BCUT2D eigenvalue weighted by atomic mass is 10.1. The van der Waals surface area contributed by atoms with E-state index < -0.39 is 0 Å². The van der Waals surface area contributed by atoms with Crippen molar-refractivity contribution in [2.24, 2.45) is 0 Å². The van der Waals surface area contributed by atoms with Crippen LogP contribution in [0.25, 0.3) is 0 Å². The number of hydrogen-bond acceptors (Lipinski definition) is 1. The van der Waals surface area contributed by atoms with Crippen LogP contribution in [0, 0.1) is 5.21 Å². The van der Waals surface area contributed by atoms with E-state index in [1.165, 1.54) is 57.8 Å². The molecular formula is C12H29NO2. The third-order valence-corrected chi connectivity index (χ3v) is 2.68. The molecule has 3 heteroatoms. The molecule has 0 aliphatic rings. The number of hydroxylamine groups is 1. The predicted molar refractivity (Wildman–Crippen MR) is 65.6 cm³/mol. The van der Waals surface area contributed by atoms with Gasteiger partial charge in [0.25, 0.3) is 0 Å². The smallest absolute Gasteiger partial charge is 0.0752 e. The maximum atomic E-state index is 10.0. The highest BCUT2D eigenvalue weighted by atomic mass is 16.5. The molecule has 0 radical (unpaired) electrons. The van der Waals surface area contributed by atoms with E-state index >= 15 is 0 Å². The Morgan fingerprint density at radius 2 is 1.13 bits per heavy atom. The first-order valence-electron chi connectivity index (χ1n) is 6.35. The molecule has 0 aromatic rings. The minimum atomic E-state index is 0. The van der Waals surface area contributed by atoms with Crippen molar-refractivity contribution < 1.29 is 11.0 Å². The molecule has 0 saturated heterocycles. The summed E-state index contributed by atoms with van der Waals surface area (Å²) in [5.41, 5.74) is 1.03. The van der Waals surface area contributed by atoms with E-state index in [2.05, 4.69) is 6.92 Å². The van der Waals surface area contributed by atoms with Crippen LogP contribution < -0.4 is 5.48 Å². The van der Waals surface area contributed by atoms with Gasteiger partial charge in [-0.3, -0.25) is 0 Å². The molecule has 0 aliphatic carbocycles. The van der Waals surface area contributed by atoms with Gasteiger partial charge in [0.2, 0.25) is 0 Å². The molecule has 0 bridgehead atoms. The summed E-state index contributed by atoms with van der Waals surface area (Å²) in [6, 6.07) is 0. The van der Waals surface area contributed by atoms with E-state index in [4.69, 9.17) is 0 Å². The normalized spacial score (nSPS) is 10.0. The number of nitrogens with two attached hydrogens (primary N) is 1. The molecule has 0 heterocycles. The zero-order valence-corrected chi connectivity index (χ0v) is 10.3. The van der Waals surface area contributed by atoms with Crippen LogP contribution in [0.4, 0.5) is 0 Å². The van der Waals surface area contributed by atoms with E-state index in [1.807, 2.05) is 0 Å². The summed E-state index contributed by atoms with van der Waals surface area (Å²) < 4.78 is 0. The maximum Gasteiger partial charge on any atom is 0.0752 e. The molecule has 0 aromatic heterocycles. The molecule has 0 rings (SSSR count). The van der Waals surface area contributed by atoms with E-state index in [0.29, 0.717) is 0 Å². The first-order valence-corrected chi connectivity index (χ1v) is 6.35. The van der Waals surface area contributed by atoms with Gasteiger partial charge in [-0.2, -0.15) is 0 Å². The van der Waals surface area contributed by atoms with E-state index in [-0.39, 0.29) is 5.48 Å². The Labute approximate surface area is 94.5 Å². The van der Waals surface area contributed by atoms with Crippen LogP contribution in [-0.4, -0.2) is 12.0 Å².